The summed E-state index contributed by atoms with van der Waals surface area (Å²) < 4.78 is 38.6. The van der Waals surface area contributed by atoms with Crippen LogP contribution in [0.3, 0.4) is 0 Å². The summed E-state index contributed by atoms with van der Waals surface area (Å²) in [5, 5.41) is 8.44. The molecule has 0 saturated heterocycles. The maximum Gasteiger partial charge on any atom is 0.245 e. The van der Waals surface area contributed by atoms with Gasteiger partial charge in [-0.1, -0.05) is 11.6 Å². The standard InChI is InChI=1S/C10H11ClFN3O2S/c1-15(4-2-3-13)18(16,17)9-6-7(11)5-8(14)10(9)12/h5-6H,2,4,14H2,1H3. The monoisotopic (exact) mass is 291 g/mol. The molecule has 0 fully saturated rings. The van der Waals surface area contributed by atoms with Crippen LogP contribution >= 0.6 is 11.6 Å². The predicted octanol–water partition coefficient (Wildman–Crippen LogP) is 1.60. The number of nitrogen functional groups attached to an aromatic ring is 1. The zero-order valence-corrected chi connectivity index (χ0v) is 11.1. The van der Waals surface area contributed by atoms with E-state index in [9.17, 15) is 12.8 Å². The molecule has 0 aliphatic heterocycles. The van der Waals surface area contributed by atoms with Gasteiger partial charge in [0.15, 0.2) is 5.82 Å². The van der Waals surface area contributed by atoms with Crippen molar-refractivity contribution in [3.05, 3.63) is 23.0 Å². The highest BCUT2D eigenvalue weighted by Crippen LogP contribution is 2.27. The summed E-state index contributed by atoms with van der Waals surface area (Å²) in [4.78, 5) is -0.590. The first-order valence-corrected chi connectivity index (χ1v) is 6.70. The number of sulfonamides is 1. The lowest BCUT2D eigenvalue weighted by Gasteiger charge is -2.16. The molecule has 0 aliphatic rings. The van der Waals surface area contributed by atoms with Crippen LogP contribution in [0.4, 0.5) is 10.1 Å². The van der Waals surface area contributed by atoms with Gasteiger partial charge in [0.1, 0.15) is 4.90 Å². The van der Waals surface area contributed by atoms with Crippen molar-refractivity contribution >= 4 is 27.3 Å². The molecule has 18 heavy (non-hydrogen) atoms. The van der Waals surface area contributed by atoms with Crippen LogP contribution in [0.15, 0.2) is 17.0 Å². The van der Waals surface area contributed by atoms with Crippen molar-refractivity contribution in [3.63, 3.8) is 0 Å². The Bertz CT molecular complexity index is 598. The highest BCUT2D eigenvalue weighted by Gasteiger charge is 2.26. The van der Waals surface area contributed by atoms with Gasteiger partial charge >= 0.3 is 0 Å². The molecule has 0 saturated carbocycles. The average Bonchev–Trinajstić information content (AvgIpc) is 2.30. The molecule has 8 heteroatoms. The van der Waals surface area contributed by atoms with Crippen molar-refractivity contribution in [2.45, 2.75) is 11.3 Å². The number of hydrogen-bond acceptors (Lipinski definition) is 4. The molecule has 0 spiro atoms. The van der Waals surface area contributed by atoms with Crippen molar-refractivity contribution in [2.75, 3.05) is 19.3 Å². The predicted molar refractivity (Wildman–Crippen MR) is 65.9 cm³/mol. The Morgan fingerprint density at radius 3 is 2.72 bits per heavy atom. The minimum absolute atomic E-state index is 0.00734. The molecule has 1 rings (SSSR count). The fourth-order valence-electron chi connectivity index (χ4n) is 1.27. The zero-order valence-electron chi connectivity index (χ0n) is 9.52. The Kier molecular flexibility index (Phi) is 4.51. The van der Waals surface area contributed by atoms with Gasteiger partial charge < -0.3 is 5.73 Å². The fourth-order valence-corrected chi connectivity index (χ4v) is 2.85. The molecule has 98 valence electrons. The fraction of sp³-hybridized carbons (Fsp3) is 0.300. The van der Waals surface area contributed by atoms with E-state index in [-0.39, 0.29) is 23.7 Å². The number of nitriles is 1. The van der Waals surface area contributed by atoms with Crippen LogP contribution in [-0.4, -0.2) is 26.3 Å². The number of benzene rings is 1. The first-order chi connectivity index (χ1) is 8.30. The topological polar surface area (TPSA) is 87.2 Å². The van der Waals surface area contributed by atoms with Gasteiger partial charge in [-0.3, -0.25) is 0 Å². The van der Waals surface area contributed by atoms with E-state index < -0.39 is 20.7 Å². The Labute approximate surface area is 110 Å². The van der Waals surface area contributed by atoms with Crippen molar-refractivity contribution < 1.29 is 12.8 Å². The molecule has 0 aromatic heterocycles. The van der Waals surface area contributed by atoms with Crippen molar-refractivity contribution in [3.8, 4) is 6.07 Å². The molecule has 0 radical (unpaired) electrons. The van der Waals surface area contributed by atoms with Crippen LogP contribution in [0, 0.1) is 17.1 Å². The summed E-state index contributed by atoms with van der Waals surface area (Å²) in [6.45, 7) is -0.0370. The number of halogens is 2. The highest BCUT2D eigenvalue weighted by molar-refractivity contribution is 7.89. The molecule has 0 unspecified atom stereocenters. The maximum atomic E-state index is 13.7. The summed E-state index contributed by atoms with van der Waals surface area (Å²) in [5.74, 6) is -1.04. The molecule has 0 aliphatic carbocycles. The van der Waals surface area contributed by atoms with E-state index in [1.807, 2.05) is 6.07 Å². The summed E-state index contributed by atoms with van der Waals surface area (Å²) in [5.41, 5.74) is 4.99. The van der Waals surface area contributed by atoms with E-state index in [4.69, 9.17) is 22.6 Å². The minimum atomic E-state index is -4.04. The van der Waals surface area contributed by atoms with E-state index in [1.165, 1.54) is 7.05 Å². The van der Waals surface area contributed by atoms with Crippen LogP contribution < -0.4 is 5.73 Å². The Morgan fingerprint density at radius 1 is 1.56 bits per heavy atom. The number of rotatable bonds is 4. The Morgan fingerprint density at radius 2 is 2.17 bits per heavy atom. The van der Waals surface area contributed by atoms with Gasteiger partial charge in [0.25, 0.3) is 0 Å². The largest absolute Gasteiger partial charge is 0.396 e. The van der Waals surface area contributed by atoms with Crippen LogP contribution in [0.5, 0.6) is 0 Å². The molecule has 0 amide bonds. The highest BCUT2D eigenvalue weighted by atomic mass is 35.5. The molecule has 5 nitrogen and oxygen atoms in total. The lowest BCUT2D eigenvalue weighted by Crippen LogP contribution is -2.28. The summed E-state index contributed by atoms with van der Waals surface area (Å²) >= 11 is 5.66. The van der Waals surface area contributed by atoms with Gasteiger partial charge in [0.05, 0.1) is 11.8 Å². The van der Waals surface area contributed by atoms with Gasteiger partial charge in [-0.05, 0) is 12.1 Å². The van der Waals surface area contributed by atoms with E-state index in [2.05, 4.69) is 0 Å². The Hall–Kier alpha value is -1.36. The van der Waals surface area contributed by atoms with Crippen molar-refractivity contribution in [2.24, 2.45) is 0 Å². The van der Waals surface area contributed by atoms with Crippen molar-refractivity contribution in [1.29, 1.82) is 5.26 Å². The molecular weight excluding hydrogens is 281 g/mol. The third kappa shape index (κ3) is 2.90. The molecule has 0 heterocycles. The first kappa shape index (κ1) is 14.7. The van der Waals surface area contributed by atoms with Gasteiger partial charge in [-0.2, -0.15) is 9.57 Å². The number of nitrogens with two attached hydrogens (primary N) is 1. The van der Waals surface area contributed by atoms with E-state index in [1.54, 1.807) is 0 Å². The Balaban J connectivity index is 3.25. The van der Waals surface area contributed by atoms with E-state index in [0.717, 1.165) is 16.4 Å². The second kappa shape index (κ2) is 5.52. The number of nitrogens with zero attached hydrogens (tertiary/aromatic N) is 2. The van der Waals surface area contributed by atoms with Crippen molar-refractivity contribution in [1.82, 2.24) is 4.31 Å². The van der Waals surface area contributed by atoms with Crippen LogP contribution in [0.25, 0.3) is 0 Å². The number of anilines is 1. The molecule has 1 aromatic carbocycles. The molecule has 2 N–H and O–H groups in total. The minimum Gasteiger partial charge on any atom is -0.396 e. The van der Waals surface area contributed by atoms with Gasteiger partial charge in [-0.25, -0.2) is 12.8 Å². The SMILES string of the molecule is CN(CCC#N)S(=O)(=O)c1cc(Cl)cc(N)c1F. The van der Waals surface area contributed by atoms with E-state index in [0.29, 0.717) is 0 Å². The summed E-state index contributed by atoms with van der Waals surface area (Å²) in [6.07, 6.45) is 0.00734. The quantitative estimate of drug-likeness (QED) is 0.854. The van der Waals surface area contributed by atoms with Gasteiger partial charge in [0, 0.05) is 25.0 Å². The number of hydrogen-bond donors (Lipinski definition) is 1. The zero-order chi connectivity index (χ0) is 13.9. The van der Waals surface area contributed by atoms with Crippen LogP contribution in [0.2, 0.25) is 5.02 Å². The third-order valence-electron chi connectivity index (χ3n) is 2.26. The van der Waals surface area contributed by atoms with Crippen LogP contribution in [0.1, 0.15) is 6.42 Å². The van der Waals surface area contributed by atoms with Crippen LogP contribution in [-0.2, 0) is 10.0 Å². The van der Waals surface area contributed by atoms with Gasteiger partial charge in [0.2, 0.25) is 10.0 Å². The molecule has 0 atom stereocenters. The normalized spacial score (nSPS) is 11.5. The second-order valence-electron chi connectivity index (χ2n) is 3.54. The first-order valence-electron chi connectivity index (χ1n) is 4.88. The second-order valence-corrected chi connectivity index (χ2v) is 5.99. The molecule has 1 aromatic rings. The van der Waals surface area contributed by atoms with E-state index >= 15 is 0 Å². The maximum absolute atomic E-state index is 13.7. The smallest absolute Gasteiger partial charge is 0.245 e. The third-order valence-corrected chi connectivity index (χ3v) is 4.33. The lowest BCUT2D eigenvalue weighted by atomic mass is 10.3. The summed E-state index contributed by atoms with van der Waals surface area (Å²) in [6, 6.07) is 3.93. The molecular formula is C10H11ClFN3O2S. The summed E-state index contributed by atoms with van der Waals surface area (Å²) in [7, 11) is -2.79. The lowest BCUT2D eigenvalue weighted by molar-refractivity contribution is 0.469. The average molecular weight is 292 g/mol. The van der Waals surface area contributed by atoms with Gasteiger partial charge in [-0.15, -0.1) is 0 Å². The molecule has 0 bridgehead atoms.